The lowest BCUT2D eigenvalue weighted by atomic mass is 10.0. The van der Waals surface area contributed by atoms with E-state index < -0.39 is 0 Å². The van der Waals surface area contributed by atoms with Crippen LogP contribution in [0.5, 0.6) is 11.6 Å². The fourth-order valence-electron chi connectivity index (χ4n) is 1.45. The van der Waals surface area contributed by atoms with Gasteiger partial charge < -0.3 is 4.74 Å². The molecule has 0 saturated carbocycles. The number of benzene rings is 1. The van der Waals surface area contributed by atoms with Crippen LogP contribution in [0.4, 0.5) is 0 Å². The Morgan fingerprint density at radius 1 is 1.22 bits per heavy atom. The van der Waals surface area contributed by atoms with E-state index in [-0.39, 0.29) is 11.2 Å². The molecule has 1 aromatic carbocycles. The second-order valence-electron chi connectivity index (χ2n) is 4.12. The molecule has 1 heterocycles. The van der Waals surface area contributed by atoms with Gasteiger partial charge in [0.15, 0.2) is 0 Å². The van der Waals surface area contributed by atoms with Crippen LogP contribution in [0.3, 0.4) is 0 Å². The van der Waals surface area contributed by atoms with Gasteiger partial charge in [-0.15, -0.1) is 0 Å². The summed E-state index contributed by atoms with van der Waals surface area (Å²) >= 11 is 11.6. The topological polar surface area (TPSA) is 35.0 Å². The zero-order valence-electron chi connectivity index (χ0n) is 10.0. The molecular formula is C13H12Cl2N2O. The molecule has 94 valence electrons. The summed E-state index contributed by atoms with van der Waals surface area (Å²) in [5.41, 5.74) is 1.18. The summed E-state index contributed by atoms with van der Waals surface area (Å²) in [6.07, 6.45) is 1.42. The van der Waals surface area contributed by atoms with Crippen LogP contribution in [0.2, 0.25) is 10.3 Å². The lowest BCUT2D eigenvalue weighted by Gasteiger charge is -2.09. The predicted molar refractivity (Wildman–Crippen MR) is 72.7 cm³/mol. The van der Waals surface area contributed by atoms with E-state index in [0.29, 0.717) is 16.7 Å². The average Bonchev–Trinajstić information content (AvgIpc) is 2.34. The first kappa shape index (κ1) is 13.1. The molecule has 0 unspecified atom stereocenters. The number of hydrogen-bond acceptors (Lipinski definition) is 3. The van der Waals surface area contributed by atoms with Gasteiger partial charge in [0.1, 0.15) is 10.8 Å². The van der Waals surface area contributed by atoms with Gasteiger partial charge in [0.05, 0.1) is 6.20 Å². The summed E-state index contributed by atoms with van der Waals surface area (Å²) in [5.74, 6) is 1.37. The van der Waals surface area contributed by atoms with E-state index in [9.17, 15) is 0 Å². The Kier molecular flexibility index (Phi) is 4.04. The third kappa shape index (κ3) is 3.12. The van der Waals surface area contributed by atoms with Crippen molar-refractivity contribution < 1.29 is 4.74 Å². The Bertz CT molecular complexity index is 558. The van der Waals surface area contributed by atoms with E-state index in [1.54, 1.807) is 0 Å². The van der Waals surface area contributed by atoms with Crippen LogP contribution in [-0.2, 0) is 0 Å². The molecule has 0 aliphatic heterocycles. The minimum Gasteiger partial charge on any atom is -0.437 e. The molecule has 1 aromatic heterocycles. The van der Waals surface area contributed by atoms with E-state index in [2.05, 4.69) is 23.8 Å². The second kappa shape index (κ2) is 5.55. The Hall–Kier alpha value is -1.32. The third-order valence-corrected chi connectivity index (χ3v) is 2.86. The Morgan fingerprint density at radius 2 is 2.00 bits per heavy atom. The minimum absolute atomic E-state index is 0.106. The van der Waals surface area contributed by atoms with Gasteiger partial charge in [-0.05, 0) is 35.2 Å². The van der Waals surface area contributed by atoms with Crippen molar-refractivity contribution in [3.8, 4) is 11.6 Å². The second-order valence-corrected chi connectivity index (χ2v) is 4.87. The monoisotopic (exact) mass is 282 g/mol. The number of ether oxygens (including phenoxy) is 1. The lowest BCUT2D eigenvalue weighted by Crippen LogP contribution is -1.93. The first-order chi connectivity index (χ1) is 8.56. The smallest absolute Gasteiger partial charge is 0.242 e. The lowest BCUT2D eigenvalue weighted by molar-refractivity contribution is 0.461. The van der Waals surface area contributed by atoms with E-state index in [0.717, 1.165) is 0 Å². The third-order valence-electron chi connectivity index (χ3n) is 2.42. The van der Waals surface area contributed by atoms with Gasteiger partial charge in [-0.25, -0.2) is 4.98 Å². The SMILES string of the molecule is CC(C)c1cccc(Oc2nc(Cl)ncc2Cl)c1. The van der Waals surface area contributed by atoms with Crippen molar-refractivity contribution in [2.45, 2.75) is 19.8 Å². The molecule has 5 heteroatoms. The fourth-order valence-corrected chi connectivity index (χ4v) is 1.71. The number of rotatable bonds is 3. The molecule has 0 amide bonds. The number of aromatic nitrogens is 2. The Morgan fingerprint density at radius 3 is 2.72 bits per heavy atom. The van der Waals surface area contributed by atoms with Crippen LogP contribution in [0, 0.1) is 0 Å². The standard InChI is InChI=1S/C13H12Cl2N2O/c1-8(2)9-4-3-5-10(6-9)18-12-11(14)7-16-13(15)17-12/h3-8H,1-2H3. The number of hydrogen-bond donors (Lipinski definition) is 0. The van der Waals surface area contributed by atoms with Gasteiger partial charge in [-0.3, -0.25) is 0 Å². The number of nitrogens with zero attached hydrogens (tertiary/aromatic N) is 2. The molecule has 0 fully saturated rings. The highest BCUT2D eigenvalue weighted by Crippen LogP contribution is 2.29. The van der Waals surface area contributed by atoms with Crippen LogP contribution in [0.15, 0.2) is 30.5 Å². The summed E-state index contributed by atoms with van der Waals surface area (Å²) < 4.78 is 5.61. The van der Waals surface area contributed by atoms with Crippen molar-refractivity contribution in [3.63, 3.8) is 0 Å². The quantitative estimate of drug-likeness (QED) is 0.766. The first-order valence-electron chi connectivity index (χ1n) is 5.52. The highest BCUT2D eigenvalue weighted by Gasteiger charge is 2.08. The van der Waals surface area contributed by atoms with Gasteiger partial charge in [0.25, 0.3) is 0 Å². The maximum atomic E-state index is 5.94. The highest BCUT2D eigenvalue weighted by atomic mass is 35.5. The van der Waals surface area contributed by atoms with Crippen molar-refractivity contribution in [1.82, 2.24) is 9.97 Å². The summed E-state index contributed by atoms with van der Waals surface area (Å²) in [6, 6.07) is 7.78. The van der Waals surface area contributed by atoms with Gasteiger partial charge in [-0.1, -0.05) is 37.6 Å². The zero-order chi connectivity index (χ0) is 13.1. The van der Waals surface area contributed by atoms with Crippen molar-refractivity contribution in [3.05, 3.63) is 46.3 Å². The van der Waals surface area contributed by atoms with Gasteiger partial charge in [-0.2, -0.15) is 4.98 Å². The molecule has 0 radical (unpaired) electrons. The highest BCUT2D eigenvalue weighted by molar-refractivity contribution is 6.32. The predicted octanol–water partition coefficient (Wildman–Crippen LogP) is 4.70. The van der Waals surface area contributed by atoms with E-state index >= 15 is 0 Å². The van der Waals surface area contributed by atoms with Crippen molar-refractivity contribution in [1.29, 1.82) is 0 Å². The fraction of sp³-hybridized carbons (Fsp3) is 0.231. The largest absolute Gasteiger partial charge is 0.437 e. The summed E-state index contributed by atoms with van der Waals surface area (Å²) in [4.78, 5) is 7.71. The first-order valence-corrected chi connectivity index (χ1v) is 6.27. The summed E-state index contributed by atoms with van der Waals surface area (Å²) in [6.45, 7) is 4.24. The molecule has 0 atom stereocenters. The van der Waals surface area contributed by atoms with Crippen LogP contribution in [-0.4, -0.2) is 9.97 Å². The molecule has 0 aliphatic rings. The minimum atomic E-state index is 0.106. The molecule has 3 nitrogen and oxygen atoms in total. The average molecular weight is 283 g/mol. The normalized spacial score (nSPS) is 10.7. The van der Waals surface area contributed by atoms with Gasteiger partial charge >= 0.3 is 0 Å². The van der Waals surface area contributed by atoms with Crippen molar-refractivity contribution >= 4 is 23.2 Å². The van der Waals surface area contributed by atoms with Crippen LogP contribution >= 0.6 is 23.2 Å². The van der Waals surface area contributed by atoms with E-state index in [1.807, 2.05) is 24.3 Å². The molecule has 0 N–H and O–H groups in total. The maximum absolute atomic E-state index is 5.94. The van der Waals surface area contributed by atoms with Crippen LogP contribution in [0.1, 0.15) is 25.3 Å². The Labute approximate surface area is 116 Å². The molecular weight excluding hydrogens is 271 g/mol. The summed E-state index contributed by atoms with van der Waals surface area (Å²) in [7, 11) is 0. The van der Waals surface area contributed by atoms with Gasteiger partial charge in [0, 0.05) is 0 Å². The Balaban J connectivity index is 2.28. The molecule has 0 bridgehead atoms. The molecule has 2 aromatic rings. The summed E-state index contributed by atoms with van der Waals surface area (Å²) in [5, 5.41) is 0.434. The zero-order valence-corrected chi connectivity index (χ0v) is 11.5. The molecule has 0 spiro atoms. The van der Waals surface area contributed by atoms with Crippen molar-refractivity contribution in [2.75, 3.05) is 0 Å². The van der Waals surface area contributed by atoms with E-state index in [4.69, 9.17) is 27.9 Å². The van der Waals surface area contributed by atoms with Crippen LogP contribution < -0.4 is 4.74 Å². The molecule has 18 heavy (non-hydrogen) atoms. The molecule has 0 aliphatic carbocycles. The maximum Gasteiger partial charge on any atom is 0.242 e. The van der Waals surface area contributed by atoms with Gasteiger partial charge in [0.2, 0.25) is 11.2 Å². The number of halogens is 2. The van der Waals surface area contributed by atoms with Crippen molar-refractivity contribution in [2.24, 2.45) is 0 Å². The van der Waals surface area contributed by atoms with E-state index in [1.165, 1.54) is 11.8 Å². The molecule has 2 rings (SSSR count). The van der Waals surface area contributed by atoms with Crippen LogP contribution in [0.25, 0.3) is 0 Å². The molecule has 0 saturated heterocycles.